The molecule has 0 spiro atoms. The molecule has 76 valence electrons. The first-order valence-corrected chi connectivity index (χ1v) is 4.01. The molecule has 3 heteroatoms. The Morgan fingerprint density at radius 2 is 1.83 bits per heavy atom. The quantitative estimate of drug-likeness (QED) is 0.671. The summed E-state index contributed by atoms with van der Waals surface area (Å²) in [5.41, 5.74) is 0.217. The Morgan fingerprint density at radius 1 is 1.42 bits per heavy atom. The molecule has 1 unspecified atom stereocenters. The molecular formula is C9H17CuO2. The van der Waals surface area contributed by atoms with Gasteiger partial charge in [0.1, 0.15) is 0 Å². The van der Waals surface area contributed by atoms with Gasteiger partial charge in [-0.1, -0.05) is 27.7 Å². The van der Waals surface area contributed by atoms with Crippen molar-refractivity contribution < 1.29 is 27.0 Å². The molecule has 0 radical (unpaired) electrons. The zero-order valence-electron chi connectivity index (χ0n) is 8.11. The molecule has 0 bridgehead atoms. The number of carboxylic acids is 1. The van der Waals surface area contributed by atoms with Crippen molar-refractivity contribution in [3.63, 3.8) is 0 Å². The average Bonchev–Trinajstić information content (AvgIpc) is 1.53. The Balaban J connectivity index is 0. The Kier molecular flexibility index (Phi) is 6.78. The van der Waals surface area contributed by atoms with Gasteiger partial charge in [0.25, 0.3) is 0 Å². The molecule has 0 aliphatic heterocycles. The van der Waals surface area contributed by atoms with E-state index < -0.39 is 5.97 Å². The van der Waals surface area contributed by atoms with E-state index in [1.807, 2.05) is 6.92 Å². The molecule has 0 aromatic rings. The van der Waals surface area contributed by atoms with Gasteiger partial charge in [-0.15, -0.1) is 0 Å². The molecule has 0 aliphatic rings. The molecular weight excluding hydrogens is 204 g/mol. The monoisotopic (exact) mass is 220 g/mol. The Hall–Kier alpha value is -0.0105. The van der Waals surface area contributed by atoms with E-state index in [0.29, 0.717) is 0 Å². The molecule has 0 aliphatic carbocycles. The second-order valence-corrected chi connectivity index (χ2v) is 4.45. The summed E-state index contributed by atoms with van der Waals surface area (Å²) < 4.78 is 0. The first-order chi connectivity index (χ1) is 4.81. The number of hydrogen-bond acceptors (Lipinski definition) is 2. The third-order valence-corrected chi connectivity index (χ3v) is 1.48. The van der Waals surface area contributed by atoms with E-state index in [9.17, 15) is 9.90 Å². The summed E-state index contributed by atoms with van der Waals surface area (Å²) in [5, 5.41) is 10.2. The number of hydrogen-bond donors (Lipinski definition) is 0. The first-order valence-electron chi connectivity index (χ1n) is 4.01. The van der Waals surface area contributed by atoms with E-state index >= 15 is 0 Å². The summed E-state index contributed by atoms with van der Waals surface area (Å²) in [7, 11) is 0. The van der Waals surface area contributed by atoms with Crippen LogP contribution in [0.1, 0.15) is 40.5 Å². The largest absolute Gasteiger partial charge is 1.00 e. The minimum absolute atomic E-state index is 0. The van der Waals surface area contributed by atoms with Gasteiger partial charge in [-0.05, 0) is 24.2 Å². The Bertz CT molecular complexity index is 138. The number of aliphatic carboxylic acids is 1. The summed E-state index contributed by atoms with van der Waals surface area (Å²) in [4.78, 5) is 10.2. The van der Waals surface area contributed by atoms with Crippen molar-refractivity contribution in [1.29, 1.82) is 0 Å². The summed E-state index contributed by atoms with van der Waals surface area (Å²) in [6.45, 7) is 8.28. The van der Waals surface area contributed by atoms with E-state index in [1.165, 1.54) is 0 Å². The number of carbonyl (C=O) groups is 1. The fraction of sp³-hybridized carbons (Fsp3) is 0.889. The Morgan fingerprint density at radius 3 is 2.08 bits per heavy atom. The fourth-order valence-electron chi connectivity index (χ4n) is 1.40. The van der Waals surface area contributed by atoms with Crippen molar-refractivity contribution in [2.45, 2.75) is 40.5 Å². The van der Waals surface area contributed by atoms with Gasteiger partial charge >= 0.3 is 17.1 Å². The van der Waals surface area contributed by atoms with Crippen LogP contribution in [0.15, 0.2) is 0 Å². The maximum absolute atomic E-state index is 10.2. The standard InChI is InChI=1S/C9H18O2.Cu/c1-7(5-8(10)11)6-9(2,3)4;/h7H,5-6H2,1-4H3,(H,10,11);/q;+1/p-1. The van der Waals surface area contributed by atoms with Gasteiger partial charge in [-0.2, -0.15) is 0 Å². The van der Waals surface area contributed by atoms with E-state index in [2.05, 4.69) is 20.8 Å². The van der Waals surface area contributed by atoms with Crippen molar-refractivity contribution in [1.82, 2.24) is 0 Å². The van der Waals surface area contributed by atoms with Gasteiger partial charge in [0.15, 0.2) is 0 Å². The maximum atomic E-state index is 10.2. The SMILES string of the molecule is CC(CC(=O)[O-])CC(C)(C)C.[Cu+]. The number of carboxylic acid groups (broad SMARTS) is 1. The van der Waals surface area contributed by atoms with Gasteiger partial charge < -0.3 is 9.90 Å². The van der Waals surface area contributed by atoms with Crippen molar-refractivity contribution in [3.05, 3.63) is 0 Å². The van der Waals surface area contributed by atoms with E-state index in [1.54, 1.807) is 0 Å². The van der Waals surface area contributed by atoms with Crippen LogP contribution in [0.5, 0.6) is 0 Å². The third kappa shape index (κ3) is 9.99. The van der Waals surface area contributed by atoms with Gasteiger partial charge in [0.2, 0.25) is 0 Å². The summed E-state index contributed by atoms with van der Waals surface area (Å²) in [5.74, 6) is -0.721. The first kappa shape index (κ1) is 14.5. The minimum atomic E-state index is -0.943. The normalized spacial score (nSPS) is 13.3. The van der Waals surface area contributed by atoms with Gasteiger partial charge in [-0.3, -0.25) is 0 Å². The average molecular weight is 221 g/mol. The maximum Gasteiger partial charge on any atom is 1.00 e. The predicted molar refractivity (Wildman–Crippen MR) is 42.9 cm³/mol. The van der Waals surface area contributed by atoms with Gasteiger partial charge in [0, 0.05) is 5.97 Å². The molecule has 0 heterocycles. The Labute approximate surface area is 85.2 Å². The second kappa shape index (κ2) is 5.60. The second-order valence-electron chi connectivity index (χ2n) is 4.45. The molecule has 0 aromatic carbocycles. The van der Waals surface area contributed by atoms with Crippen LogP contribution in [0.2, 0.25) is 0 Å². The number of rotatable bonds is 3. The van der Waals surface area contributed by atoms with Crippen molar-refractivity contribution >= 4 is 5.97 Å². The summed E-state index contributed by atoms with van der Waals surface area (Å²) in [6.07, 6.45) is 1.11. The number of carbonyl (C=O) groups excluding carboxylic acids is 1. The molecule has 1 atom stereocenters. The van der Waals surface area contributed by atoms with Crippen LogP contribution in [-0.4, -0.2) is 5.97 Å². The van der Waals surface area contributed by atoms with Crippen molar-refractivity contribution in [2.75, 3.05) is 0 Å². The molecule has 0 aromatic heterocycles. The van der Waals surface area contributed by atoms with Crippen LogP contribution < -0.4 is 5.11 Å². The van der Waals surface area contributed by atoms with Crippen LogP contribution in [0.3, 0.4) is 0 Å². The summed E-state index contributed by atoms with van der Waals surface area (Å²) in [6, 6.07) is 0. The molecule has 0 N–H and O–H groups in total. The molecule has 0 saturated heterocycles. The van der Waals surface area contributed by atoms with Crippen LogP contribution >= 0.6 is 0 Å². The van der Waals surface area contributed by atoms with Crippen molar-refractivity contribution in [2.24, 2.45) is 11.3 Å². The molecule has 0 fully saturated rings. The van der Waals surface area contributed by atoms with E-state index in [4.69, 9.17) is 0 Å². The summed E-state index contributed by atoms with van der Waals surface area (Å²) >= 11 is 0. The van der Waals surface area contributed by atoms with Gasteiger partial charge in [0.05, 0.1) is 0 Å². The zero-order chi connectivity index (χ0) is 9.07. The molecule has 12 heavy (non-hydrogen) atoms. The van der Waals surface area contributed by atoms with Crippen molar-refractivity contribution in [3.8, 4) is 0 Å². The third-order valence-electron chi connectivity index (χ3n) is 1.48. The molecule has 0 saturated carbocycles. The molecule has 0 rings (SSSR count). The predicted octanol–water partition coefficient (Wildman–Crippen LogP) is 1.20. The smallest absolute Gasteiger partial charge is 0.550 e. The fourth-order valence-corrected chi connectivity index (χ4v) is 1.40. The molecule has 0 amide bonds. The molecule has 2 nitrogen and oxygen atoms in total. The zero-order valence-corrected chi connectivity index (χ0v) is 9.05. The minimum Gasteiger partial charge on any atom is -0.550 e. The van der Waals surface area contributed by atoms with E-state index in [0.717, 1.165) is 6.42 Å². The van der Waals surface area contributed by atoms with Crippen LogP contribution in [0, 0.1) is 11.3 Å². The topological polar surface area (TPSA) is 40.1 Å². The van der Waals surface area contributed by atoms with Crippen LogP contribution in [-0.2, 0) is 21.9 Å². The van der Waals surface area contributed by atoms with E-state index in [-0.39, 0.29) is 34.8 Å². The van der Waals surface area contributed by atoms with Crippen LogP contribution in [0.25, 0.3) is 0 Å². The van der Waals surface area contributed by atoms with Crippen LogP contribution in [0.4, 0.5) is 0 Å². The van der Waals surface area contributed by atoms with Gasteiger partial charge in [-0.25, -0.2) is 0 Å².